The second kappa shape index (κ2) is 4.20. The summed E-state index contributed by atoms with van der Waals surface area (Å²) in [6.45, 7) is 0.522. The molecule has 1 fully saturated rings. The molecule has 21 heavy (non-hydrogen) atoms. The van der Waals surface area contributed by atoms with E-state index >= 15 is 0 Å². The zero-order valence-electron chi connectivity index (χ0n) is 11.1. The highest BCUT2D eigenvalue weighted by atomic mass is 16.3. The van der Waals surface area contributed by atoms with Crippen molar-refractivity contribution in [2.45, 2.75) is 12.0 Å². The van der Waals surface area contributed by atoms with Crippen molar-refractivity contribution in [3.8, 4) is 0 Å². The maximum atomic E-state index is 12.6. The van der Waals surface area contributed by atoms with Gasteiger partial charge in [-0.3, -0.25) is 14.8 Å². The van der Waals surface area contributed by atoms with Crippen molar-refractivity contribution in [1.29, 1.82) is 0 Å². The van der Waals surface area contributed by atoms with E-state index in [0.717, 1.165) is 5.69 Å². The number of Topliss-reactive ketones (excluding diaryl/α,β-unsaturated/α-hetero) is 1. The number of ketones is 1. The Morgan fingerprint density at radius 3 is 2.86 bits per heavy atom. The van der Waals surface area contributed by atoms with E-state index in [2.05, 4.69) is 15.0 Å². The summed E-state index contributed by atoms with van der Waals surface area (Å²) in [4.78, 5) is 27.0. The van der Waals surface area contributed by atoms with Crippen LogP contribution in [0.15, 0.2) is 48.0 Å². The summed E-state index contributed by atoms with van der Waals surface area (Å²) in [5, 5.41) is 10.8. The van der Waals surface area contributed by atoms with E-state index in [4.69, 9.17) is 0 Å². The van der Waals surface area contributed by atoms with Gasteiger partial charge in [0.05, 0.1) is 29.3 Å². The minimum atomic E-state index is -1.55. The maximum Gasteiger partial charge on any atom is 0.204 e. The van der Waals surface area contributed by atoms with Gasteiger partial charge in [-0.05, 0) is 18.2 Å². The summed E-state index contributed by atoms with van der Waals surface area (Å²) >= 11 is 0. The predicted octanol–water partition coefficient (Wildman–Crippen LogP) is 1.34. The van der Waals surface area contributed by atoms with Gasteiger partial charge in [0, 0.05) is 25.4 Å². The van der Waals surface area contributed by atoms with Crippen molar-refractivity contribution in [3.05, 3.63) is 48.5 Å². The molecule has 1 saturated heterocycles. The molecule has 2 aromatic rings. The van der Waals surface area contributed by atoms with Gasteiger partial charge in [0.25, 0.3) is 0 Å². The average molecular weight is 280 g/mol. The van der Waals surface area contributed by atoms with Gasteiger partial charge in [-0.15, -0.1) is 0 Å². The Kier molecular flexibility index (Phi) is 2.43. The fraction of sp³-hybridized carbons (Fsp3) is 0.200. The van der Waals surface area contributed by atoms with E-state index in [1.807, 2.05) is 17.0 Å². The monoisotopic (exact) mass is 280 g/mol. The van der Waals surface area contributed by atoms with Crippen molar-refractivity contribution in [2.24, 2.45) is 4.99 Å². The van der Waals surface area contributed by atoms with Crippen LogP contribution >= 0.6 is 0 Å². The van der Waals surface area contributed by atoms with Crippen LogP contribution in [0.4, 0.5) is 11.4 Å². The van der Waals surface area contributed by atoms with Gasteiger partial charge in [0.2, 0.25) is 5.78 Å². The number of pyridine rings is 2. The smallest absolute Gasteiger partial charge is 0.204 e. The molecule has 6 heteroatoms. The molecule has 6 nitrogen and oxygen atoms in total. The molecule has 0 amide bonds. The van der Waals surface area contributed by atoms with Gasteiger partial charge in [0.15, 0.2) is 5.60 Å². The minimum Gasteiger partial charge on any atom is -0.374 e. The zero-order chi connectivity index (χ0) is 14.4. The van der Waals surface area contributed by atoms with Crippen molar-refractivity contribution in [1.82, 2.24) is 9.97 Å². The number of carbonyl (C=O) groups is 1. The van der Waals surface area contributed by atoms with Crippen LogP contribution in [-0.2, 0) is 0 Å². The van der Waals surface area contributed by atoms with Gasteiger partial charge in [-0.2, -0.15) is 0 Å². The van der Waals surface area contributed by atoms with Crippen LogP contribution in [0.5, 0.6) is 0 Å². The lowest BCUT2D eigenvalue weighted by Crippen LogP contribution is -2.48. The molecular weight excluding hydrogens is 268 g/mol. The highest BCUT2D eigenvalue weighted by Gasteiger charge is 2.52. The van der Waals surface area contributed by atoms with Gasteiger partial charge < -0.3 is 10.0 Å². The number of hydrogen-bond acceptors (Lipinski definition) is 6. The number of fused-ring (bicyclic) bond motifs is 2. The first-order valence-corrected chi connectivity index (χ1v) is 6.68. The molecule has 0 spiro atoms. The number of amidine groups is 1. The third-order valence-electron chi connectivity index (χ3n) is 3.93. The highest BCUT2D eigenvalue weighted by molar-refractivity contribution is 6.28. The third-order valence-corrected chi connectivity index (χ3v) is 3.93. The summed E-state index contributed by atoms with van der Waals surface area (Å²) in [5.74, 6) is 0.0530. The lowest BCUT2D eigenvalue weighted by Gasteiger charge is -2.29. The number of nitrogens with zero attached hydrogens (tertiary/aromatic N) is 4. The maximum absolute atomic E-state index is 12.6. The van der Waals surface area contributed by atoms with E-state index in [0.29, 0.717) is 30.1 Å². The molecule has 0 aliphatic carbocycles. The number of rotatable bonds is 1. The first-order chi connectivity index (χ1) is 10.2. The van der Waals surface area contributed by atoms with Crippen LogP contribution in [0.2, 0.25) is 0 Å². The molecule has 1 N–H and O–H groups in total. The Balaban J connectivity index is 1.88. The van der Waals surface area contributed by atoms with Crippen LogP contribution in [0.3, 0.4) is 0 Å². The zero-order valence-corrected chi connectivity index (χ0v) is 11.1. The van der Waals surface area contributed by atoms with E-state index in [1.165, 1.54) is 6.20 Å². The quantitative estimate of drug-likeness (QED) is 0.853. The third kappa shape index (κ3) is 1.62. The molecule has 4 heterocycles. The summed E-state index contributed by atoms with van der Waals surface area (Å²) in [6, 6.07) is 5.29. The molecule has 4 rings (SSSR count). The summed E-state index contributed by atoms with van der Waals surface area (Å²) in [5.41, 5.74) is 0.180. The molecule has 2 aromatic heterocycles. The van der Waals surface area contributed by atoms with E-state index in [9.17, 15) is 9.90 Å². The lowest BCUT2D eigenvalue weighted by molar-refractivity contribution is 0.0602. The van der Waals surface area contributed by atoms with E-state index in [-0.39, 0.29) is 5.78 Å². The van der Waals surface area contributed by atoms with Crippen molar-refractivity contribution >= 4 is 23.0 Å². The molecule has 0 saturated carbocycles. The standard InChI is InChI=1S/C15H12N4O2/c20-13-11-3-6-17-9-12(11)18-14-15(13,21)4-7-19(14)10-2-1-5-16-8-10/h1-3,5-6,8-9,21H,4,7H2. The number of aromatic nitrogens is 2. The summed E-state index contributed by atoms with van der Waals surface area (Å²) in [7, 11) is 0. The topological polar surface area (TPSA) is 78.7 Å². The van der Waals surface area contributed by atoms with Gasteiger partial charge >= 0.3 is 0 Å². The normalized spacial score (nSPS) is 23.6. The molecule has 2 aliphatic heterocycles. The number of carbonyl (C=O) groups excluding carboxylic acids is 1. The second-order valence-electron chi connectivity index (χ2n) is 5.13. The van der Waals surface area contributed by atoms with Crippen LogP contribution in [-0.4, -0.2) is 38.8 Å². The van der Waals surface area contributed by atoms with Crippen LogP contribution in [0.25, 0.3) is 0 Å². The Morgan fingerprint density at radius 1 is 1.19 bits per heavy atom. The first kappa shape index (κ1) is 12.2. The van der Waals surface area contributed by atoms with Crippen molar-refractivity contribution < 1.29 is 9.90 Å². The Bertz CT molecular complexity index is 759. The summed E-state index contributed by atoms with van der Waals surface area (Å²) in [6.07, 6.45) is 6.77. The van der Waals surface area contributed by atoms with E-state index < -0.39 is 5.60 Å². The van der Waals surface area contributed by atoms with Crippen molar-refractivity contribution in [3.63, 3.8) is 0 Å². The molecule has 104 valence electrons. The number of aliphatic imine (C=N–C) groups is 1. The number of aliphatic hydroxyl groups is 1. The van der Waals surface area contributed by atoms with Gasteiger partial charge in [-0.1, -0.05) is 0 Å². The summed E-state index contributed by atoms with van der Waals surface area (Å²) < 4.78 is 0. The fourth-order valence-corrected chi connectivity index (χ4v) is 2.85. The Hall–Kier alpha value is -2.60. The number of hydrogen-bond donors (Lipinski definition) is 1. The number of anilines is 1. The molecule has 1 unspecified atom stereocenters. The fourth-order valence-electron chi connectivity index (χ4n) is 2.85. The minimum absolute atomic E-state index is 0.309. The predicted molar refractivity (Wildman–Crippen MR) is 76.8 cm³/mol. The molecular formula is C15H12N4O2. The second-order valence-corrected chi connectivity index (χ2v) is 5.13. The van der Waals surface area contributed by atoms with Gasteiger partial charge in [0.1, 0.15) is 5.84 Å². The molecule has 2 aliphatic rings. The molecule has 1 atom stereocenters. The largest absolute Gasteiger partial charge is 0.374 e. The van der Waals surface area contributed by atoms with Gasteiger partial charge in [-0.25, -0.2) is 4.99 Å². The first-order valence-electron chi connectivity index (χ1n) is 6.68. The average Bonchev–Trinajstić information content (AvgIpc) is 2.87. The SMILES string of the molecule is O=C1c2ccncc2N=C2N(c3cccnc3)CCC12O. The van der Waals surface area contributed by atoms with Crippen LogP contribution < -0.4 is 4.90 Å². The highest BCUT2D eigenvalue weighted by Crippen LogP contribution is 2.38. The molecule has 0 radical (unpaired) electrons. The van der Waals surface area contributed by atoms with Crippen LogP contribution in [0.1, 0.15) is 16.8 Å². The van der Waals surface area contributed by atoms with Crippen LogP contribution in [0, 0.1) is 0 Å². The van der Waals surface area contributed by atoms with Crippen molar-refractivity contribution in [2.75, 3.05) is 11.4 Å². The lowest BCUT2D eigenvalue weighted by atomic mass is 9.88. The Labute approximate surface area is 120 Å². The molecule has 0 aromatic carbocycles. The molecule has 0 bridgehead atoms. The Morgan fingerprint density at radius 2 is 2.05 bits per heavy atom. The van der Waals surface area contributed by atoms with E-state index in [1.54, 1.807) is 24.7 Å².